The highest BCUT2D eigenvalue weighted by atomic mass is 35.5. The van der Waals surface area contributed by atoms with Crippen LogP contribution < -0.4 is 4.74 Å². The van der Waals surface area contributed by atoms with E-state index in [0.29, 0.717) is 6.54 Å². The summed E-state index contributed by atoms with van der Waals surface area (Å²) in [6, 6.07) is 9.62. The molecule has 0 aromatic heterocycles. The maximum absolute atomic E-state index is 12.4. The molecular weight excluding hydrogens is 306 g/mol. The minimum atomic E-state index is -0.393. The van der Waals surface area contributed by atoms with Crippen LogP contribution in [0.3, 0.4) is 0 Å². The number of benzene rings is 2. The Bertz CT molecular complexity index is 685. The van der Waals surface area contributed by atoms with Crippen LogP contribution in [0.4, 0.5) is 0 Å². The van der Waals surface area contributed by atoms with Gasteiger partial charge in [-0.2, -0.15) is 0 Å². The van der Waals surface area contributed by atoms with Gasteiger partial charge in [0.15, 0.2) is 0 Å². The predicted octanol–water partition coefficient (Wildman–Crippen LogP) is 3.03. The predicted molar refractivity (Wildman–Crippen MR) is 83.6 cm³/mol. The molecule has 2 rings (SSSR count). The molecule has 2 aromatic rings. The molecule has 0 unspecified atom stereocenters. The van der Waals surface area contributed by atoms with Crippen LogP contribution in [-0.2, 0) is 6.54 Å². The largest absolute Gasteiger partial charge is 0.507 e. The van der Waals surface area contributed by atoms with Crippen LogP contribution in [0.5, 0.6) is 17.2 Å². The van der Waals surface area contributed by atoms with Crippen LogP contribution in [0, 0.1) is 0 Å². The highest BCUT2D eigenvalue weighted by Crippen LogP contribution is 2.31. The molecule has 22 heavy (non-hydrogen) atoms. The van der Waals surface area contributed by atoms with Gasteiger partial charge in [0.25, 0.3) is 5.91 Å². The van der Waals surface area contributed by atoms with Crippen LogP contribution in [0.15, 0.2) is 36.4 Å². The van der Waals surface area contributed by atoms with Gasteiger partial charge in [-0.3, -0.25) is 4.79 Å². The Labute approximate surface area is 133 Å². The summed E-state index contributed by atoms with van der Waals surface area (Å²) in [6.45, 7) is 0.362. The van der Waals surface area contributed by atoms with Crippen molar-refractivity contribution in [1.29, 1.82) is 0 Å². The zero-order valence-corrected chi connectivity index (χ0v) is 13.0. The van der Waals surface area contributed by atoms with Crippen LogP contribution in [0.2, 0.25) is 5.02 Å². The van der Waals surface area contributed by atoms with Crippen molar-refractivity contribution in [3.05, 3.63) is 52.5 Å². The molecule has 0 atom stereocenters. The molecule has 0 radical (unpaired) electrons. The molecule has 5 nitrogen and oxygen atoms in total. The van der Waals surface area contributed by atoms with Crippen molar-refractivity contribution < 1.29 is 19.7 Å². The fraction of sp³-hybridized carbons (Fsp3) is 0.188. The van der Waals surface area contributed by atoms with Crippen molar-refractivity contribution >= 4 is 17.5 Å². The fourth-order valence-electron chi connectivity index (χ4n) is 2.00. The van der Waals surface area contributed by atoms with Crippen molar-refractivity contribution in [1.82, 2.24) is 4.90 Å². The van der Waals surface area contributed by atoms with Gasteiger partial charge in [-0.15, -0.1) is 0 Å². The zero-order chi connectivity index (χ0) is 16.3. The number of ether oxygens (including phenoxy) is 1. The molecule has 0 fully saturated rings. The molecule has 0 heterocycles. The highest BCUT2D eigenvalue weighted by Gasteiger charge is 2.18. The third-order valence-corrected chi connectivity index (χ3v) is 3.52. The van der Waals surface area contributed by atoms with Crippen molar-refractivity contribution in [2.75, 3.05) is 14.2 Å². The average Bonchev–Trinajstić information content (AvgIpc) is 2.51. The number of hydrogen-bond acceptors (Lipinski definition) is 4. The first-order valence-corrected chi connectivity index (χ1v) is 6.90. The lowest BCUT2D eigenvalue weighted by Crippen LogP contribution is -2.26. The lowest BCUT2D eigenvalue weighted by atomic mass is 10.1. The van der Waals surface area contributed by atoms with Crippen molar-refractivity contribution in [3.8, 4) is 17.2 Å². The maximum Gasteiger partial charge on any atom is 0.257 e. The van der Waals surface area contributed by atoms with Crippen molar-refractivity contribution in [2.24, 2.45) is 0 Å². The van der Waals surface area contributed by atoms with E-state index in [4.69, 9.17) is 16.3 Å². The lowest BCUT2D eigenvalue weighted by molar-refractivity contribution is 0.0782. The maximum atomic E-state index is 12.4. The van der Waals surface area contributed by atoms with E-state index in [9.17, 15) is 15.0 Å². The number of amides is 1. The third kappa shape index (κ3) is 3.43. The minimum absolute atomic E-state index is 0.0130. The summed E-state index contributed by atoms with van der Waals surface area (Å²) in [7, 11) is 3.20. The van der Waals surface area contributed by atoms with Crippen LogP contribution in [0.1, 0.15) is 15.9 Å². The summed E-state index contributed by atoms with van der Waals surface area (Å²) < 4.78 is 5.08. The molecule has 116 valence electrons. The van der Waals surface area contributed by atoms with Gasteiger partial charge >= 0.3 is 0 Å². The van der Waals surface area contributed by atoms with Crippen LogP contribution in [0.25, 0.3) is 0 Å². The molecule has 0 bridgehead atoms. The summed E-state index contributed by atoms with van der Waals surface area (Å²) in [5.41, 5.74) is 0.958. The van der Waals surface area contributed by atoms with E-state index in [2.05, 4.69) is 0 Å². The molecular formula is C16H16ClNO4. The molecule has 2 aromatic carbocycles. The molecule has 0 saturated carbocycles. The average molecular weight is 322 g/mol. The van der Waals surface area contributed by atoms with Gasteiger partial charge in [-0.25, -0.2) is 0 Å². The number of phenols is 2. The Morgan fingerprint density at radius 1 is 1.18 bits per heavy atom. The number of carbonyl (C=O) groups is 1. The van der Waals surface area contributed by atoms with Gasteiger partial charge in [-0.1, -0.05) is 23.7 Å². The Balaban J connectivity index is 2.16. The van der Waals surface area contributed by atoms with Gasteiger partial charge in [0, 0.05) is 19.7 Å². The Morgan fingerprint density at radius 2 is 1.82 bits per heavy atom. The molecule has 0 saturated heterocycles. The van der Waals surface area contributed by atoms with E-state index in [-0.39, 0.29) is 22.1 Å². The van der Waals surface area contributed by atoms with Gasteiger partial charge in [0.1, 0.15) is 17.2 Å². The summed E-state index contributed by atoms with van der Waals surface area (Å²) in [5.74, 6) is -0.238. The van der Waals surface area contributed by atoms with Crippen molar-refractivity contribution in [2.45, 2.75) is 6.54 Å². The first-order chi connectivity index (χ1) is 10.4. The van der Waals surface area contributed by atoms with Crippen LogP contribution in [-0.4, -0.2) is 35.2 Å². The summed E-state index contributed by atoms with van der Waals surface area (Å²) >= 11 is 5.78. The zero-order valence-electron chi connectivity index (χ0n) is 12.2. The number of carbonyl (C=O) groups excluding carboxylic acids is 1. The van der Waals surface area contributed by atoms with Gasteiger partial charge in [0.05, 0.1) is 17.7 Å². The molecule has 2 N–H and O–H groups in total. The van der Waals surface area contributed by atoms with E-state index in [1.807, 2.05) is 24.3 Å². The number of rotatable bonds is 4. The second kappa shape index (κ2) is 6.58. The van der Waals surface area contributed by atoms with E-state index < -0.39 is 5.91 Å². The summed E-state index contributed by atoms with van der Waals surface area (Å²) in [6.07, 6.45) is 0. The third-order valence-electron chi connectivity index (χ3n) is 3.22. The molecule has 0 aliphatic carbocycles. The fourth-order valence-corrected chi connectivity index (χ4v) is 2.17. The number of hydrogen-bond donors (Lipinski definition) is 2. The van der Waals surface area contributed by atoms with E-state index in [1.165, 1.54) is 11.0 Å². The smallest absolute Gasteiger partial charge is 0.257 e. The van der Waals surface area contributed by atoms with E-state index >= 15 is 0 Å². The van der Waals surface area contributed by atoms with E-state index in [0.717, 1.165) is 17.4 Å². The molecule has 6 heteroatoms. The number of phenolic OH excluding ortho intramolecular Hbond substituents is 2. The second-order valence-electron chi connectivity index (χ2n) is 4.83. The number of methoxy groups -OCH3 is 1. The van der Waals surface area contributed by atoms with Gasteiger partial charge in [-0.05, 0) is 23.8 Å². The monoisotopic (exact) mass is 321 g/mol. The van der Waals surface area contributed by atoms with Gasteiger partial charge < -0.3 is 19.8 Å². The molecule has 0 spiro atoms. The SMILES string of the molecule is COc1ccc(CN(C)C(=O)c2cc(Cl)c(O)cc2O)cc1. The molecule has 0 aliphatic rings. The molecule has 1 amide bonds. The quantitative estimate of drug-likeness (QED) is 0.908. The Hall–Kier alpha value is -2.40. The van der Waals surface area contributed by atoms with Crippen molar-refractivity contribution in [3.63, 3.8) is 0 Å². The molecule has 0 aliphatic heterocycles. The highest BCUT2D eigenvalue weighted by molar-refractivity contribution is 6.32. The van der Waals surface area contributed by atoms with Gasteiger partial charge in [0.2, 0.25) is 0 Å². The summed E-state index contributed by atoms with van der Waals surface area (Å²) in [5, 5.41) is 19.2. The minimum Gasteiger partial charge on any atom is -0.507 e. The Kier molecular flexibility index (Phi) is 4.78. The lowest BCUT2D eigenvalue weighted by Gasteiger charge is -2.18. The second-order valence-corrected chi connectivity index (χ2v) is 5.24. The standard InChI is InChI=1S/C16H16ClNO4/c1-18(9-10-3-5-11(22-2)6-4-10)16(21)12-7-13(17)15(20)8-14(12)19/h3-8,19-20H,9H2,1-2H3. The topological polar surface area (TPSA) is 70.0 Å². The number of halogens is 1. The summed E-state index contributed by atoms with van der Waals surface area (Å²) in [4.78, 5) is 13.8. The Morgan fingerprint density at radius 3 is 2.41 bits per heavy atom. The van der Waals surface area contributed by atoms with E-state index in [1.54, 1.807) is 14.2 Å². The number of nitrogens with zero attached hydrogens (tertiary/aromatic N) is 1. The first-order valence-electron chi connectivity index (χ1n) is 6.52. The normalized spacial score (nSPS) is 10.3. The van der Waals surface area contributed by atoms with Crippen LogP contribution >= 0.6 is 11.6 Å². The number of aromatic hydroxyl groups is 2. The first kappa shape index (κ1) is 16.0.